The number of carbonyl (C=O) groups excluding carboxylic acids is 1. The maximum absolute atomic E-state index is 10.1. The Labute approximate surface area is 88.2 Å². The Kier molecular flexibility index (Phi) is 9.02. The Balaban J connectivity index is 0. The molecule has 0 radical (unpaired) electrons. The number of carboxylic acids is 1. The van der Waals surface area contributed by atoms with Crippen LogP contribution in [-0.2, 0) is 4.79 Å². The van der Waals surface area contributed by atoms with Crippen molar-refractivity contribution in [1.82, 2.24) is 5.32 Å². The fourth-order valence-corrected chi connectivity index (χ4v) is 0.641. The van der Waals surface area contributed by atoms with Crippen LogP contribution in [0.1, 0.15) is 12.8 Å². The zero-order chi connectivity index (χ0) is 9.56. The molecule has 1 atom stereocenters. The van der Waals surface area contributed by atoms with E-state index < -0.39 is 18.0 Å². The Hall–Kier alpha value is -0.703. The van der Waals surface area contributed by atoms with E-state index in [4.69, 9.17) is 16.6 Å². The largest absolute Gasteiger partial charge is 1.00 e. The minimum absolute atomic E-state index is 0. The molecule has 0 saturated heterocycles. The van der Waals surface area contributed by atoms with Crippen molar-refractivity contribution in [1.29, 1.82) is 0 Å². The first-order valence-electron chi connectivity index (χ1n) is 3.51. The molecule has 0 fully saturated rings. The van der Waals surface area contributed by atoms with Crippen LogP contribution in [0.25, 0.3) is 5.73 Å². The Morgan fingerprint density at radius 2 is 2.08 bits per heavy atom. The number of aliphatic carboxylic acids is 1. The molecular weight excluding hydrogens is 169 g/mol. The van der Waals surface area contributed by atoms with E-state index in [9.17, 15) is 9.59 Å². The van der Waals surface area contributed by atoms with Gasteiger partial charge in [-0.25, -0.2) is 4.79 Å². The Morgan fingerprint density at radius 3 is 2.46 bits per heavy atom. The molecule has 0 aromatic heterocycles. The van der Waals surface area contributed by atoms with Gasteiger partial charge in [-0.1, -0.05) is 6.42 Å². The second-order valence-electron chi connectivity index (χ2n) is 2.32. The first kappa shape index (κ1) is 14.8. The van der Waals surface area contributed by atoms with Crippen molar-refractivity contribution in [2.75, 3.05) is 6.54 Å². The molecule has 0 saturated carbocycles. The SMILES string of the molecule is [Li+].[NH-][C@@H](CCCNC(N)=O)C(=O)O. The first-order chi connectivity index (χ1) is 5.54. The van der Waals surface area contributed by atoms with Crippen molar-refractivity contribution in [2.45, 2.75) is 18.9 Å². The number of hydrogen-bond donors (Lipinski definition) is 3. The monoisotopic (exact) mass is 181 g/mol. The van der Waals surface area contributed by atoms with Gasteiger partial charge in [0.1, 0.15) is 0 Å². The average molecular weight is 181 g/mol. The summed E-state index contributed by atoms with van der Waals surface area (Å²) < 4.78 is 0. The zero-order valence-corrected chi connectivity index (χ0v) is 7.54. The first-order valence-corrected chi connectivity index (χ1v) is 3.51. The third-order valence-electron chi connectivity index (χ3n) is 1.27. The predicted molar refractivity (Wildman–Crippen MR) is 42.6 cm³/mol. The van der Waals surface area contributed by atoms with Gasteiger partial charge in [0.2, 0.25) is 0 Å². The molecule has 0 heterocycles. The van der Waals surface area contributed by atoms with Crippen LogP contribution in [0.15, 0.2) is 0 Å². The normalized spacial score (nSPS) is 11.2. The Bertz CT molecular complexity index is 177. The second-order valence-corrected chi connectivity index (χ2v) is 2.32. The van der Waals surface area contributed by atoms with E-state index in [0.717, 1.165) is 0 Å². The molecule has 5 N–H and O–H groups in total. The number of nitrogens with two attached hydrogens (primary N) is 1. The summed E-state index contributed by atoms with van der Waals surface area (Å²) in [6, 6.07) is -1.74. The molecule has 7 heteroatoms. The van der Waals surface area contributed by atoms with Crippen LogP contribution in [0.4, 0.5) is 4.79 Å². The van der Waals surface area contributed by atoms with Crippen LogP contribution in [0, 0.1) is 0 Å². The smallest absolute Gasteiger partial charge is 0.665 e. The molecule has 70 valence electrons. The molecule has 0 aliphatic heterocycles. The molecule has 0 aliphatic carbocycles. The van der Waals surface area contributed by atoms with Crippen LogP contribution in [0.5, 0.6) is 0 Å². The number of hydrogen-bond acceptors (Lipinski definition) is 2. The van der Waals surface area contributed by atoms with Crippen molar-refractivity contribution in [3.63, 3.8) is 0 Å². The van der Waals surface area contributed by atoms with Gasteiger partial charge < -0.3 is 21.9 Å². The van der Waals surface area contributed by atoms with Gasteiger partial charge in [-0.3, -0.25) is 4.79 Å². The van der Waals surface area contributed by atoms with Crippen LogP contribution >= 0.6 is 0 Å². The Morgan fingerprint density at radius 1 is 1.54 bits per heavy atom. The van der Waals surface area contributed by atoms with Gasteiger partial charge in [-0.15, -0.1) is 0 Å². The summed E-state index contributed by atoms with van der Waals surface area (Å²) in [5.74, 6) is -1.14. The zero-order valence-electron chi connectivity index (χ0n) is 7.54. The number of urea groups is 1. The number of carboxylic acid groups (broad SMARTS) is 1. The standard InChI is InChI=1S/C6H12N3O3.Li/c7-4(5(10)11)2-1-3-9-6(8)12;/h4,7H,1-3H2,(H,10,11)(H3,8,9,12);/q-1;+1/t4-;/m0./s1. The van der Waals surface area contributed by atoms with E-state index in [0.29, 0.717) is 13.0 Å². The maximum atomic E-state index is 10.1. The molecule has 0 aromatic rings. The molecule has 0 rings (SSSR count). The van der Waals surface area contributed by atoms with Gasteiger partial charge in [0, 0.05) is 6.54 Å². The van der Waals surface area contributed by atoms with Crippen LogP contribution < -0.4 is 29.9 Å². The van der Waals surface area contributed by atoms with Crippen molar-refractivity contribution in [2.24, 2.45) is 5.73 Å². The molecule has 0 spiro atoms. The van der Waals surface area contributed by atoms with Crippen molar-refractivity contribution >= 4 is 12.0 Å². The third-order valence-corrected chi connectivity index (χ3v) is 1.27. The van der Waals surface area contributed by atoms with Gasteiger partial charge in [0.25, 0.3) is 5.97 Å². The number of rotatable bonds is 5. The van der Waals surface area contributed by atoms with Crippen molar-refractivity contribution < 1.29 is 33.6 Å². The van der Waals surface area contributed by atoms with Crippen LogP contribution in [0.3, 0.4) is 0 Å². The van der Waals surface area contributed by atoms with Gasteiger partial charge in [0.05, 0.1) is 0 Å². The topological polar surface area (TPSA) is 116 Å². The van der Waals surface area contributed by atoms with Crippen molar-refractivity contribution in [3.05, 3.63) is 5.73 Å². The van der Waals surface area contributed by atoms with E-state index >= 15 is 0 Å². The number of nitrogens with one attached hydrogen (secondary N) is 2. The van der Waals surface area contributed by atoms with E-state index in [1.807, 2.05) is 0 Å². The van der Waals surface area contributed by atoms with E-state index in [2.05, 4.69) is 5.32 Å². The fraction of sp³-hybridized carbons (Fsp3) is 0.667. The molecule has 0 unspecified atom stereocenters. The summed E-state index contributed by atoms with van der Waals surface area (Å²) in [6.07, 6.45) is 0.666. The number of carbonyl (C=O) groups is 2. The second kappa shape index (κ2) is 7.92. The summed E-state index contributed by atoms with van der Waals surface area (Å²) in [5, 5.41) is 10.6. The quantitative estimate of drug-likeness (QED) is 0.309. The molecular formula is C6H12LiN3O3. The molecule has 0 aromatic carbocycles. The molecule has 13 heavy (non-hydrogen) atoms. The summed E-state index contributed by atoms with van der Waals surface area (Å²) in [4.78, 5) is 20.3. The third kappa shape index (κ3) is 9.21. The van der Waals surface area contributed by atoms with E-state index in [-0.39, 0.29) is 25.3 Å². The van der Waals surface area contributed by atoms with Crippen molar-refractivity contribution in [3.8, 4) is 0 Å². The molecule has 0 bridgehead atoms. The van der Waals surface area contributed by atoms with E-state index in [1.54, 1.807) is 0 Å². The molecule has 6 nitrogen and oxygen atoms in total. The minimum Gasteiger partial charge on any atom is -0.665 e. The summed E-state index contributed by atoms with van der Waals surface area (Å²) in [5.41, 5.74) is 11.7. The van der Waals surface area contributed by atoms with Gasteiger partial charge >= 0.3 is 24.9 Å². The van der Waals surface area contributed by atoms with Crippen LogP contribution in [-0.4, -0.2) is 29.7 Å². The fourth-order valence-electron chi connectivity index (χ4n) is 0.641. The molecule has 0 aliphatic rings. The minimum atomic E-state index is -1.14. The summed E-state index contributed by atoms with van der Waals surface area (Å²) in [6.45, 7) is 0.317. The van der Waals surface area contributed by atoms with Crippen LogP contribution in [0.2, 0.25) is 0 Å². The van der Waals surface area contributed by atoms with Gasteiger partial charge in [0.15, 0.2) is 0 Å². The summed E-state index contributed by atoms with van der Waals surface area (Å²) in [7, 11) is 0. The number of primary amides is 1. The average Bonchev–Trinajstić information content (AvgIpc) is 1.97. The maximum Gasteiger partial charge on any atom is 1.00 e. The van der Waals surface area contributed by atoms with Gasteiger partial charge in [-0.05, 0) is 12.5 Å². The summed E-state index contributed by atoms with van der Waals surface area (Å²) >= 11 is 0. The number of amides is 2. The predicted octanol–water partition coefficient (Wildman–Crippen LogP) is -3.06. The van der Waals surface area contributed by atoms with Gasteiger partial charge in [-0.2, -0.15) is 0 Å². The van der Waals surface area contributed by atoms with E-state index in [1.165, 1.54) is 0 Å². The molecule has 2 amide bonds.